The second-order valence-electron chi connectivity index (χ2n) is 3.53. The van der Waals surface area contributed by atoms with Gasteiger partial charge in [0.2, 0.25) is 0 Å². The largest absolute Gasteiger partial charge is 0.491 e. The Morgan fingerprint density at radius 1 is 1.35 bits per heavy atom. The molecule has 0 aliphatic rings. The lowest BCUT2D eigenvalue weighted by atomic mass is 10.3. The zero-order chi connectivity index (χ0) is 12.7. The van der Waals surface area contributed by atoms with Crippen molar-refractivity contribution >= 4 is 23.2 Å². The number of benzene rings is 1. The van der Waals surface area contributed by atoms with Gasteiger partial charge >= 0.3 is 0 Å². The highest BCUT2D eigenvalue weighted by molar-refractivity contribution is 6.42. The van der Waals surface area contributed by atoms with E-state index in [0.717, 1.165) is 0 Å². The van der Waals surface area contributed by atoms with Crippen LogP contribution in [0.25, 0.3) is 0 Å². The molecule has 0 aliphatic carbocycles. The molecule has 0 spiro atoms. The topological polar surface area (TPSA) is 67.5 Å². The molecule has 1 aromatic rings. The summed E-state index contributed by atoms with van der Waals surface area (Å²) in [5.74, 6) is 0.581. The van der Waals surface area contributed by atoms with Crippen molar-refractivity contribution in [3.05, 3.63) is 28.2 Å². The van der Waals surface area contributed by atoms with Crippen LogP contribution < -0.4 is 15.8 Å². The zero-order valence-electron chi connectivity index (χ0n) is 9.33. The molecule has 96 valence electrons. The van der Waals surface area contributed by atoms with Crippen LogP contribution in [-0.4, -0.2) is 37.5 Å². The fourth-order valence-corrected chi connectivity index (χ4v) is 1.48. The fraction of sp³-hybridized carbons (Fsp3) is 0.455. The molecule has 0 amide bonds. The number of hydrogen-bond donors (Lipinski definition) is 3. The van der Waals surface area contributed by atoms with E-state index in [1.54, 1.807) is 18.2 Å². The number of aliphatic hydroxyl groups excluding tert-OH is 1. The molecule has 1 aromatic carbocycles. The first kappa shape index (κ1) is 14.5. The second-order valence-corrected chi connectivity index (χ2v) is 4.35. The van der Waals surface area contributed by atoms with E-state index >= 15 is 0 Å². The molecule has 1 atom stereocenters. The van der Waals surface area contributed by atoms with Crippen LogP contribution >= 0.6 is 23.2 Å². The lowest BCUT2D eigenvalue weighted by molar-refractivity contribution is 0.107. The van der Waals surface area contributed by atoms with E-state index in [0.29, 0.717) is 35.4 Å². The second kappa shape index (κ2) is 7.74. The van der Waals surface area contributed by atoms with Crippen LogP contribution in [0.4, 0.5) is 0 Å². The van der Waals surface area contributed by atoms with Gasteiger partial charge in [0.05, 0.1) is 10.0 Å². The van der Waals surface area contributed by atoms with E-state index in [1.807, 2.05) is 0 Å². The highest BCUT2D eigenvalue weighted by Gasteiger charge is 2.05. The minimum absolute atomic E-state index is 0.190. The molecule has 0 saturated carbocycles. The van der Waals surface area contributed by atoms with Crippen LogP contribution in [0.5, 0.6) is 5.75 Å². The van der Waals surface area contributed by atoms with E-state index in [4.69, 9.17) is 33.7 Å². The molecule has 0 unspecified atom stereocenters. The van der Waals surface area contributed by atoms with Crippen molar-refractivity contribution in [2.45, 2.75) is 6.10 Å². The molecule has 0 radical (unpaired) electrons. The quantitative estimate of drug-likeness (QED) is 0.658. The Hall–Kier alpha value is -0.520. The van der Waals surface area contributed by atoms with Crippen molar-refractivity contribution in [3.8, 4) is 5.75 Å². The minimum atomic E-state index is -0.587. The monoisotopic (exact) mass is 278 g/mol. The third-order valence-corrected chi connectivity index (χ3v) is 2.77. The van der Waals surface area contributed by atoms with Gasteiger partial charge in [0.15, 0.2) is 0 Å². The summed E-state index contributed by atoms with van der Waals surface area (Å²) in [6, 6.07) is 4.97. The summed E-state index contributed by atoms with van der Waals surface area (Å²) in [7, 11) is 0. The number of nitrogens with one attached hydrogen (secondary N) is 1. The van der Waals surface area contributed by atoms with Crippen LogP contribution in [-0.2, 0) is 0 Å². The standard InChI is InChI=1S/C11H16Cl2N2O2/c12-10-2-1-9(5-11(10)13)17-7-8(16)6-15-4-3-14/h1-2,5,8,15-16H,3-4,6-7,14H2/t8-/m0/s1. The molecule has 0 saturated heterocycles. The molecule has 6 heteroatoms. The molecule has 0 fully saturated rings. The highest BCUT2D eigenvalue weighted by atomic mass is 35.5. The third-order valence-electron chi connectivity index (χ3n) is 2.03. The van der Waals surface area contributed by atoms with Crippen LogP contribution in [0.2, 0.25) is 10.0 Å². The van der Waals surface area contributed by atoms with Crippen molar-refractivity contribution in [2.24, 2.45) is 5.73 Å². The first-order valence-corrected chi connectivity index (χ1v) is 6.05. The van der Waals surface area contributed by atoms with Crippen LogP contribution in [0.3, 0.4) is 0 Å². The molecular weight excluding hydrogens is 263 g/mol. The number of ether oxygens (including phenoxy) is 1. The SMILES string of the molecule is NCCNC[C@H](O)COc1ccc(Cl)c(Cl)c1. The van der Waals surface area contributed by atoms with Gasteiger partial charge in [-0.3, -0.25) is 0 Å². The summed E-state index contributed by atoms with van der Waals surface area (Å²) >= 11 is 11.6. The van der Waals surface area contributed by atoms with Crippen LogP contribution in [0.15, 0.2) is 18.2 Å². The Kier molecular flexibility index (Phi) is 6.62. The zero-order valence-corrected chi connectivity index (χ0v) is 10.8. The van der Waals surface area contributed by atoms with Crippen molar-refractivity contribution in [2.75, 3.05) is 26.2 Å². The minimum Gasteiger partial charge on any atom is -0.491 e. The van der Waals surface area contributed by atoms with Crippen molar-refractivity contribution in [1.29, 1.82) is 0 Å². The third kappa shape index (κ3) is 5.57. The molecule has 0 aliphatic heterocycles. The van der Waals surface area contributed by atoms with Gasteiger partial charge in [-0.2, -0.15) is 0 Å². The lowest BCUT2D eigenvalue weighted by Gasteiger charge is -2.13. The van der Waals surface area contributed by atoms with Crippen molar-refractivity contribution in [1.82, 2.24) is 5.32 Å². The lowest BCUT2D eigenvalue weighted by Crippen LogP contribution is -2.34. The Balaban J connectivity index is 2.31. The van der Waals surface area contributed by atoms with Crippen LogP contribution in [0, 0.1) is 0 Å². The number of hydrogen-bond acceptors (Lipinski definition) is 4. The molecule has 0 heterocycles. The first-order chi connectivity index (χ1) is 8.13. The summed E-state index contributed by atoms with van der Waals surface area (Å²) in [4.78, 5) is 0. The Labute approximate surface area is 111 Å². The Bertz CT molecular complexity index is 350. The maximum absolute atomic E-state index is 9.57. The van der Waals surface area contributed by atoms with Crippen molar-refractivity contribution < 1.29 is 9.84 Å². The van der Waals surface area contributed by atoms with Crippen molar-refractivity contribution in [3.63, 3.8) is 0 Å². The highest BCUT2D eigenvalue weighted by Crippen LogP contribution is 2.26. The van der Waals surface area contributed by atoms with E-state index in [9.17, 15) is 5.11 Å². The maximum Gasteiger partial charge on any atom is 0.121 e. The molecule has 1 rings (SSSR count). The normalized spacial score (nSPS) is 12.5. The summed E-state index contributed by atoms with van der Waals surface area (Å²) in [6.45, 7) is 1.85. The average Bonchev–Trinajstić information content (AvgIpc) is 2.31. The number of rotatable bonds is 7. The molecule has 4 nitrogen and oxygen atoms in total. The Morgan fingerprint density at radius 3 is 2.76 bits per heavy atom. The predicted molar refractivity (Wildman–Crippen MR) is 69.9 cm³/mol. The summed E-state index contributed by atoms with van der Waals surface area (Å²) in [5, 5.41) is 13.5. The summed E-state index contributed by atoms with van der Waals surface area (Å²) < 4.78 is 5.37. The van der Waals surface area contributed by atoms with Gasteiger partial charge in [-0.1, -0.05) is 23.2 Å². The summed E-state index contributed by atoms with van der Waals surface area (Å²) in [6.07, 6.45) is -0.587. The molecule has 0 aromatic heterocycles. The fourth-order valence-electron chi connectivity index (χ4n) is 1.19. The van der Waals surface area contributed by atoms with E-state index in [1.165, 1.54) is 0 Å². The molecular formula is C11H16Cl2N2O2. The molecule has 0 bridgehead atoms. The first-order valence-electron chi connectivity index (χ1n) is 5.30. The van der Waals surface area contributed by atoms with Gasteiger partial charge < -0.3 is 20.9 Å². The van der Waals surface area contributed by atoms with Gasteiger partial charge in [-0.15, -0.1) is 0 Å². The van der Waals surface area contributed by atoms with Crippen LogP contribution in [0.1, 0.15) is 0 Å². The maximum atomic E-state index is 9.57. The number of halogens is 2. The predicted octanol–water partition coefficient (Wildman–Crippen LogP) is 1.28. The van der Waals surface area contributed by atoms with Gasteiger partial charge in [-0.25, -0.2) is 0 Å². The Morgan fingerprint density at radius 2 is 2.12 bits per heavy atom. The van der Waals surface area contributed by atoms with E-state index < -0.39 is 6.10 Å². The molecule has 4 N–H and O–H groups in total. The number of nitrogens with two attached hydrogens (primary N) is 1. The van der Waals surface area contributed by atoms with E-state index in [2.05, 4.69) is 5.32 Å². The van der Waals surface area contributed by atoms with Gasteiger partial charge in [0.25, 0.3) is 0 Å². The molecule has 17 heavy (non-hydrogen) atoms. The van der Waals surface area contributed by atoms with Gasteiger partial charge in [0, 0.05) is 25.7 Å². The summed E-state index contributed by atoms with van der Waals surface area (Å²) in [5.41, 5.74) is 5.31. The van der Waals surface area contributed by atoms with E-state index in [-0.39, 0.29) is 6.61 Å². The number of aliphatic hydroxyl groups is 1. The van der Waals surface area contributed by atoms with Gasteiger partial charge in [0.1, 0.15) is 18.5 Å². The smallest absolute Gasteiger partial charge is 0.121 e. The average molecular weight is 279 g/mol. The van der Waals surface area contributed by atoms with Gasteiger partial charge in [-0.05, 0) is 12.1 Å².